The molecule has 2 rings (SSSR count). The number of aryl methyl sites for hydroxylation is 1. The van der Waals surface area contributed by atoms with Crippen LogP contribution in [0.2, 0.25) is 0 Å². The van der Waals surface area contributed by atoms with Crippen molar-refractivity contribution in [1.82, 2.24) is 4.90 Å². The average Bonchev–Trinajstić information content (AvgIpc) is 2.89. The van der Waals surface area contributed by atoms with Crippen molar-refractivity contribution in [2.45, 2.75) is 46.1 Å². The number of furan rings is 1. The molecule has 1 unspecified atom stereocenters. The van der Waals surface area contributed by atoms with Gasteiger partial charge in [-0.05, 0) is 49.9 Å². The zero-order valence-electron chi connectivity index (χ0n) is 12.6. The first kappa shape index (κ1) is 14.6. The van der Waals surface area contributed by atoms with E-state index in [1.807, 2.05) is 0 Å². The van der Waals surface area contributed by atoms with Crippen molar-refractivity contribution < 1.29 is 4.42 Å². The van der Waals surface area contributed by atoms with Crippen LogP contribution in [0.3, 0.4) is 0 Å². The molecule has 1 fully saturated rings. The summed E-state index contributed by atoms with van der Waals surface area (Å²) in [5.41, 5.74) is 5.98. The Hall–Kier alpha value is -0.800. The van der Waals surface area contributed by atoms with Crippen molar-refractivity contribution in [2.75, 3.05) is 19.6 Å². The van der Waals surface area contributed by atoms with Crippen molar-refractivity contribution in [3.8, 4) is 0 Å². The Labute approximate surface area is 117 Å². The fourth-order valence-corrected chi connectivity index (χ4v) is 3.11. The minimum atomic E-state index is 0.258. The Morgan fingerprint density at radius 3 is 2.47 bits per heavy atom. The highest BCUT2D eigenvalue weighted by Crippen LogP contribution is 2.30. The molecule has 0 radical (unpaired) electrons. The van der Waals surface area contributed by atoms with Crippen molar-refractivity contribution in [3.05, 3.63) is 23.7 Å². The third-order valence-corrected chi connectivity index (χ3v) is 4.54. The monoisotopic (exact) mass is 264 g/mol. The normalized spacial score (nSPS) is 20.1. The summed E-state index contributed by atoms with van der Waals surface area (Å²) >= 11 is 0. The third kappa shape index (κ3) is 3.40. The Morgan fingerprint density at radius 1 is 1.32 bits per heavy atom. The summed E-state index contributed by atoms with van der Waals surface area (Å²) in [6, 6.07) is 4.44. The van der Waals surface area contributed by atoms with Crippen LogP contribution in [0.5, 0.6) is 0 Å². The van der Waals surface area contributed by atoms with Crippen LogP contribution in [-0.2, 0) is 6.42 Å². The Morgan fingerprint density at radius 2 is 2.00 bits per heavy atom. The van der Waals surface area contributed by atoms with Gasteiger partial charge < -0.3 is 10.2 Å². The lowest BCUT2D eigenvalue weighted by molar-refractivity contribution is 0.106. The second kappa shape index (κ2) is 6.58. The van der Waals surface area contributed by atoms with E-state index in [1.165, 1.54) is 12.8 Å². The summed E-state index contributed by atoms with van der Waals surface area (Å²) < 4.78 is 5.89. The summed E-state index contributed by atoms with van der Waals surface area (Å²) in [7, 11) is 0. The molecule has 1 aromatic heterocycles. The molecule has 0 saturated carbocycles. The topological polar surface area (TPSA) is 42.4 Å². The standard InChI is InChI=1S/C16H28N2O/c1-4-14-5-6-16(19-14)15(11-17)18-9-7-13(8-10-18)12(2)3/h5-6,12-13,15H,4,7-11,17H2,1-3H3. The molecule has 0 amide bonds. The molecule has 1 atom stereocenters. The highest BCUT2D eigenvalue weighted by molar-refractivity contribution is 5.11. The van der Waals surface area contributed by atoms with Gasteiger partial charge in [0.15, 0.2) is 0 Å². The maximum absolute atomic E-state index is 5.98. The first-order valence-corrected chi connectivity index (χ1v) is 7.68. The molecule has 1 aliphatic rings. The molecule has 0 bridgehead atoms. The SMILES string of the molecule is CCc1ccc(C(CN)N2CCC(C(C)C)CC2)o1. The quantitative estimate of drug-likeness (QED) is 0.888. The van der Waals surface area contributed by atoms with Crippen molar-refractivity contribution in [1.29, 1.82) is 0 Å². The van der Waals surface area contributed by atoms with Crippen LogP contribution in [0.4, 0.5) is 0 Å². The van der Waals surface area contributed by atoms with Gasteiger partial charge >= 0.3 is 0 Å². The first-order valence-electron chi connectivity index (χ1n) is 7.68. The zero-order valence-corrected chi connectivity index (χ0v) is 12.6. The molecule has 1 aromatic rings. The lowest BCUT2D eigenvalue weighted by Crippen LogP contribution is -2.40. The van der Waals surface area contributed by atoms with Gasteiger partial charge in [0.1, 0.15) is 11.5 Å². The van der Waals surface area contributed by atoms with Gasteiger partial charge in [-0.3, -0.25) is 4.90 Å². The van der Waals surface area contributed by atoms with E-state index in [0.717, 1.165) is 42.9 Å². The van der Waals surface area contributed by atoms with Crippen molar-refractivity contribution in [3.63, 3.8) is 0 Å². The minimum absolute atomic E-state index is 0.258. The second-order valence-corrected chi connectivity index (χ2v) is 6.03. The number of likely N-dealkylation sites (tertiary alicyclic amines) is 1. The van der Waals surface area contributed by atoms with E-state index in [-0.39, 0.29) is 6.04 Å². The molecule has 0 aliphatic carbocycles. The Balaban J connectivity index is 1.99. The third-order valence-electron chi connectivity index (χ3n) is 4.54. The predicted molar refractivity (Wildman–Crippen MR) is 79.0 cm³/mol. The molecule has 1 aliphatic heterocycles. The minimum Gasteiger partial charge on any atom is -0.464 e. The average molecular weight is 264 g/mol. The molecule has 2 heterocycles. The van der Waals surface area contributed by atoms with Crippen LogP contribution in [-0.4, -0.2) is 24.5 Å². The number of nitrogens with zero attached hydrogens (tertiary/aromatic N) is 1. The van der Waals surface area contributed by atoms with E-state index in [9.17, 15) is 0 Å². The maximum Gasteiger partial charge on any atom is 0.122 e. The number of hydrogen-bond donors (Lipinski definition) is 1. The zero-order chi connectivity index (χ0) is 13.8. The molecule has 108 valence electrons. The fraction of sp³-hybridized carbons (Fsp3) is 0.750. The van der Waals surface area contributed by atoms with Gasteiger partial charge in [0.25, 0.3) is 0 Å². The molecular formula is C16H28N2O. The Kier molecular flexibility index (Phi) is 5.06. The van der Waals surface area contributed by atoms with E-state index in [2.05, 4.69) is 37.8 Å². The van der Waals surface area contributed by atoms with Gasteiger partial charge in [-0.25, -0.2) is 0 Å². The van der Waals surface area contributed by atoms with E-state index in [1.54, 1.807) is 0 Å². The van der Waals surface area contributed by atoms with Crippen LogP contribution < -0.4 is 5.73 Å². The van der Waals surface area contributed by atoms with Gasteiger partial charge in [-0.1, -0.05) is 20.8 Å². The number of hydrogen-bond acceptors (Lipinski definition) is 3. The molecule has 0 spiro atoms. The van der Waals surface area contributed by atoms with Crippen LogP contribution in [0.1, 0.15) is 51.2 Å². The van der Waals surface area contributed by atoms with Crippen LogP contribution in [0.15, 0.2) is 16.5 Å². The van der Waals surface area contributed by atoms with E-state index >= 15 is 0 Å². The number of nitrogens with two attached hydrogens (primary N) is 1. The highest BCUT2D eigenvalue weighted by Gasteiger charge is 2.28. The lowest BCUT2D eigenvalue weighted by atomic mass is 9.86. The lowest BCUT2D eigenvalue weighted by Gasteiger charge is -2.37. The first-order chi connectivity index (χ1) is 9.15. The maximum atomic E-state index is 5.98. The van der Waals surface area contributed by atoms with Crippen molar-refractivity contribution >= 4 is 0 Å². The summed E-state index contributed by atoms with van der Waals surface area (Å²) in [5.74, 6) is 3.78. The molecule has 3 heteroatoms. The van der Waals surface area contributed by atoms with Gasteiger partial charge in [-0.15, -0.1) is 0 Å². The van der Waals surface area contributed by atoms with Gasteiger partial charge in [0.2, 0.25) is 0 Å². The summed E-state index contributed by atoms with van der Waals surface area (Å²) in [5, 5.41) is 0. The summed E-state index contributed by atoms with van der Waals surface area (Å²) in [6.07, 6.45) is 3.53. The molecule has 2 N–H and O–H groups in total. The molecule has 1 saturated heterocycles. The Bertz CT molecular complexity index is 378. The van der Waals surface area contributed by atoms with Crippen molar-refractivity contribution in [2.24, 2.45) is 17.6 Å². The predicted octanol–water partition coefficient (Wildman–Crippen LogP) is 3.21. The number of piperidine rings is 1. The highest BCUT2D eigenvalue weighted by atomic mass is 16.3. The van der Waals surface area contributed by atoms with E-state index in [0.29, 0.717) is 6.54 Å². The fourth-order valence-electron chi connectivity index (χ4n) is 3.11. The van der Waals surface area contributed by atoms with Crippen LogP contribution in [0.25, 0.3) is 0 Å². The van der Waals surface area contributed by atoms with Crippen LogP contribution in [0, 0.1) is 11.8 Å². The molecule has 19 heavy (non-hydrogen) atoms. The summed E-state index contributed by atoms with van der Waals surface area (Å²) in [4.78, 5) is 2.50. The largest absolute Gasteiger partial charge is 0.464 e. The van der Waals surface area contributed by atoms with E-state index in [4.69, 9.17) is 10.2 Å². The number of rotatable bonds is 5. The molecule has 3 nitrogen and oxygen atoms in total. The van der Waals surface area contributed by atoms with Gasteiger partial charge in [-0.2, -0.15) is 0 Å². The second-order valence-electron chi connectivity index (χ2n) is 6.03. The smallest absolute Gasteiger partial charge is 0.122 e. The van der Waals surface area contributed by atoms with Crippen LogP contribution >= 0.6 is 0 Å². The summed E-state index contributed by atoms with van der Waals surface area (Å²) in [6.45, 7) is 9.72. The van der Waals surface area contributed by atoms with Gasteiger partial charge in [0, 0.05) is 13.0 Å². The molecule has 0 aromatic carbocycles. The molecular weight excluding hydrogens is 236 g/mol. The van der Waals surface area contributed by atoms with Gasteiger partial charge in [0.05, 0.1) is 6.04 Å². The van der Waals surface area contributed by atoms with E-state index < -0.39 is 0 Å².